The van der Waals surface area contributed by atoms with Gasteiger partial charge in [0.05, 0.1) is 24.5 Å². The van der Waals surface area contributed by atoms with Crippen molar-refractivity contribution in [1.82, 2.24) is 15.0 Å². The molecule has 2 aromatic rings. The van der Waals surface area contributed by atoms with Gasteiger partial charge in [0.25, 0.3) is 0 Å². The smallest absolute Gasteiger partial charge is 0.225 e. The molecule has 1 fully saturated rings. The minimum atomic E-state index is -0.724. The number of anilines is 1. The molecule has 0 spiro atoms. The third kappa shape index (κ3) is 3.29. The molecule has 9 heteroatoms. The molecule has 6 nitrogen and oxygen atoms in total. The fourth-order valence-electron chi connectivity index (χ4n) is 2.55. The molecule has 3 rings (SSSR count). The van der Waals surface area contributed by atoms with Gasteiger partial charge in [-0.05, 0) is 11.6 Å². The van der Waals surface area contributed by atoms with Gasteiger partial charge in [-0.2, -0.15) is 4.98 Å². The van der Waals surface area contributed by atoms with Crippen LogP contribution in [-0.4, -0.2) is 47.8 Å². The van der Waals surface area contributed by atoms with Crippen molar-refractivity contribution in [2.75, 3.05) is 37.7 Å². The zero-order chi connectivity index (χ0) is 16.4. The molecule has 1 aliphatic rings. The second kappa shape index (κ2) is 6.79. The number of pyridine rings is 1. The molecular formula is C14H12Cl2FN5O. The lowest BCUT2D eigenvalue weighted by Gasteiger charge is -2.24. The summed E-state index contributed by atoms with van der Waals surface area (Å²) < 4.78 is 19.7. The standard InChI is InChI=1S/C14H12Cl2FN5O/c1-18-4-8-6-22(2-3-23-7-8)13-9-5-19-12(15)10(17)11(9)20-14(16)21-13/h5,8H,2-4,6-7H2. The first-order valence-corrected chi connectivity index (χ1v) is 7.69. The van der Waals surface area contributed by atoms with E-state index in [0.29, 0.717) is 44.1 Å². The molecular weight excluding hydrogens is 344 g/mol. The average Bonchev–Trinajstić information content (AvgIpc) is 2.77. The fourth-order valence-corrected chi connectivity index (χ4v) is 2.85. The van der Waals surface area contributed by atoms with Crippen LogP contribution in [0.4, 0.5) is 10.2 Å². The van der Waals surface area contributed by atoms with E-state index in [1.165, 1.54) is 6.20 Å². The molecule has 0 aliphatic carbocycles. The SMILES string of the molecule is [C-]#[N+]CC1COCCN(c2nc(Cl)nc3c(F)c(Cl)ncc23)C1. The van der Waals surface area contributed by atoms with Crippen LogP contribution >= 0.6 is 23.2 Å². The second-order valence-corrected chi connectivity index (χ2v) is 5.87. The maximum absolute atomic E-state index is 14.2. The lowest BCUT2D eigenvalue weighted by Crippen LogP contribution is -2.32. The van der Waals surface area contributed by atoms with Gasteiger partial charge in [0.15, 0.2) is 11.0 Å². The molecule has 0 bridgehead atoms. The van der Waals surface area contributed by atoms with Crippen molar-refractivity contribution in [2.45, 2.75) is 0 Å². The summed E-state index contributed by atoms with van der Waals surface area (Å²) in [5.74, 6) is -0.203. The highest BCUT2D eigenvalue weighted by atomic mass is 35.5. The number of hydrogen-bond donors (Lipinski definition) is 0. The highest BCUT2D eigenvalue weighted by Gasteiger charge is 2.25. The number of aromatic nitrogens is 3. The molecule has 0 amide bonds. The Morgan fingerprint density at radius 1 is 1.43 bits per heavy atom. The molecule has 120 valence electrons. The highest BCUT2D eigenvalue weighted by molar-refractivity contribution is 6.30. The summed E-state index contributed by atoms with van der Waals surface area (Å²) in [5, 5.41) is 0.101. The molecule has 0 saturated carbocycles. The predicted molar refractivity (Wildman–Crippen MR) is 85.3 cm³/mol. The molecule has 0 N–H and O–H groups in total. The van der Waals surface area contributed by atoms with Gasteiger partial charge in [0.1, 0.15) is 11.3 Å². The van der Waals surface area contributed by atoms with Gasteiger partial charge in [-0.1, -0.05) is 11.6 Å². The number of halogens is 3. The van der Waals surface area contributed by atoms with Crippen LogP contribution in [0.5, 0.6) is 0 Å². The maximum Gasteiger partial charge on any atom is 0.225 e. The molecule has 1 saturated heterocycles. The lowest BCUT2D eigenvalue weighted by molar-refractivity contribution is 0.128. The first-order valence-electron chi connectivity index (χ1n) is 6.93. The third-order valence-electron chi connectivity index (χ3n) is 3.58. The molecule has 1 unspecified atom stereocenters. The minimum absolute atomic E-state index is 0.0342. The second-order valence-electron chi connectivity index (χ2n) is 5.17. The van der Waals surface area contributed by atoms with Crippen LogP contribution < -0.4 is 4.90 Å². The van der Waals surface area contributed by atoms with Crippen LogP contribution in [0.3, 0.4) is 0 Å². The Kier molecular flexibility index (Phi) is 4.76. The van der Waals surface area contributed by atoms with Crippen molar-refractivity contribution in [2.24, 2.45) is 5.92 Å². The Morgan fingerprint density at radius 2 is 2.26 bits per heavy atom. The van der Waals surface area contributed by atoms with Crippen molar-refractivity contribution < 1.29 is 9.13 Å². The van der Waals surface area contributed by atoms with Crippen molar-refractivity contribution in [3.8, 4) is 0 Å². The van der Waals surface area contributed by atoms with E-state index < -0.39 is 5.82 Å². The first kappa shape index (κ1) is 16.1. The van der Waals surface area contributed by atoms with E-state index in [9.17, 15) is 4.39 Å². The topological polar surface area (TPSA) is 55.5 Å². The zero-order valence-corrected chi connectivity index (χ0v) is 13.5. The van der Waals surface area contributed by atoms with E-state index in [1.807, 2.05) is 4.90 Å². The summed E-state index contributed by atoms with van der Waals surface area (Å²) >= 11 is 11.7. The van der Waals surface area contributed by atoms with E-state index in [0.717, 1.165) is 0 Å². The maximum atomic E-state index is 14.2. The van der Waals surface area contributed by atoms with Crippen LogP contribution in [0.1, 0.15) is 0 Å². The summed E-state index contributed by atoms with van der Waals surface area (Å²) in [5.41, 5.74) is 0.0342. The van der Waals surface area contributed by atoms with Gasteiger partial charge in [-0.3, -0.25) is 0 Å². The Hall–Kier alpha value is -1.75. The summed E-state index contributed by atoms with van der Waals surface area (Å²) in [4.78, 5) is 17.3. The molecule has 1 aliphatic heterocycles. The number of fused-ring (bicyclic) bond motifs is 1. The van der Waals surface area contributed by atoms with E-state index in [4.69, 9.17) is 34.5 Å². The Bertz CT molecular complexity index is 782. The van der Waals surface area contributed by atoms with Crippen molar-refractivity contribution in [3.63, 3.8) is 0 Å². The van der Waals surface area contributed by atoms with Crippen LogP contribution in [0.2, 0.25) is 10.4 Å². The first-order chi connectivity index (χ1) is 11.1. The highest BCUT2D eigenvalue weighted by Crippen LogP contribution is 2.30. The molecule has 0 radical (unpaired) electrons. The van der Waals surface area contributed by atoms with E-state index >= 15 is 0 Å². The Labute approximate surface area is 142 Å². The summed E-state index contributed by atoms with van der Waals surface area (Å²) in [6.07, 6.45) is 1.43. The monoisotopic (exact) mass is 355 g/mol. The zero-order valence-electron chi connectivity index (χ0n) is 12.0. The minimum Gasteiger partial charge on any atom is -0.379 e. The summed E-state index contributed by atoms with van der Waals surface area (Å²) in [6.45, 7) is 9.50. The van der Waals surface area contributed by atoms with Crippen molar-refractivity contribution in [1.29, 1.82) is 0 Å². The summed E-state index contributed by atoms with van der Waals surface area (Å²) in [6, 6.07) is 0. The van der Waals surface area contributed by atoms with Crippen molar-refractivity contribution >= 4 is 39.9 Å². The summed E-state index contributed by atoms with van der Waals surface area (Å²) in [7, 11) is 0. The number of hydrogen-bond acceptors (Lipinski definition) is 5. The van der Waals surface area contributed by atoms with Crippen LogP contribution in [0, 0.1) is 18.3 Å². The molecule has 2 aromatic heterocycles. The quantitative estimate of drug-likeness (QED) is 0.471. The molecule has 3 heterocycles. The molecule has 1 atom stereocenters. The van der Waals surface area contributed by atoms with Gasteiger partial charge in [-0.25, -0.2) is 20.9 Å². The van der Waals surface area contributed by atoms with Crippen LogP contribution in [0.25, 0.3) is 15.7 Å². The average molecular weight is 356 g/mol. The van der Waals surface area contributed by atoms with Crippen LogP contribution in [0.15, 0.2) is 6.20 Å². The largest absolute Gasteiger partial charge is 0.379 e. The Morgan fingerprint density at radius 3 is 3.04 bits per heavy atom. The molecule has 0 aromatic carbocycles. The van der Waals surface area contributed by atoms with Gasteiger partial charge in [0.2, 0.25) is 11.8 Å². The van der Waals surface area contributed by atoms with Gasteiger partial charge < -0.3 is 14.5 Å². The predicted octanol–water partition coefficient (Wildman–Crippen LogP) is 2.84. The molecule has 23 heavy (non-hydrogen) atoms. The normalized spacial score (nSPS) is 18.7. The third-order valence-corrected chi connectivity index (χ3v) is 4.01. The van der Waals surface area contributed by atoms with Gasteiger partial charge in [-0.15, -0.1) is 0 Å². The van der Waals surface area contributed by atoms with Crippen molar-refractivity contribution in [3.05, 3.63) is 33.9 Å². The number of nitrogens with zero attached hydrogens (tertiary/aromatic N) is 5. The fraction of sp³-hybridized carbons (Fsp3) is 0.429. The van der Waals surface area contributed by atoms with E-state index in [-0.39, 0.29) is 21.9 Å². The van der Waals surface area contributed by atoms with E-state index in [2.05, 4.69) is 19.8 Å². The Balaban J connectivity index is 2.08. The number of ether oxygens (including phenoxy) is 1. The van der Waals surface area contributed by atoms with E-state index in [1.54, 1.807) is 0 Å². The van der Waals surface area contributed by atoms with Gasteiger partial charge in [0, 0.05) is 19.3 Å². The lowest BCUT2D eigenvalue weighted by atomic mass is 10.1. The number of rotatable bonds is 2. The van der Waals surface area contributed by atoms with Gasteiger partial charge >= 0.3 is 0 Å². The van der Waals surface area contributed by atoms with Crippen LogP contribution in [-0.2, 0) is 4.74 Å².